The molecular weight excluding hydrogens is 463 g/mol. The van der Waals surface area contributed by atoms with E-state index in [2.05, 4.69) is 15.0 Å². The summed E-state index contributed by atoms with van der Waals surface area (Å²) in [6, 6.07) is 7.82. The standard InChI is InChI=1S/C20H22F4N2O3.2ClH/c1-27-17-11-15(16(21)12-18(17)28-2)19(26-9-7-25-8-10-26)13-3-5-14(6-4-13)29-20(22,23)24;;/h3-6,11-12,19,25H,7-10H2,1-2H3;2*1H/t19-;;/m0../s1. The maximum absolute atomic E-state index is 15.0. The number of piperazine rings is 1. The van der Waals surface area contributed by atoms with E-state index in [9.17, 15) is 17.6 Å². The molecule has 5 nitrogen and oxygen atoms in total. The molecule has 3 rings (SSSR count). The first-order chi connectivity index (χ1) is 13.8. The van der Waals surface area contributed by atoms with Crippen LogP contribution in [-0.2, 0) is 0 Å². The molecule has 1 fully saturated rings. The van der Waals surface area contributed by atoms with Crippen molar-refractivity contribution in [1.29, 1.82) is 0 Å². The first-order valence-corrected chi connectivity index (χ1v) is 9.04. The van der Waals surface area contributed by atoms with Gasteiger partial charge in [-0.3, -0.25) is 4.90 Å². The van der Waals surface area contributed by atoms with Crippen molar-refractivity contribution in [3.63, 3.8) is 0 Å². The maximum atomic E-state index is 15.0. The summed E-state index contributed by atoms with van der Waals surface area (Å²) in [4.78, 5) is 2.07. The van der Waals surface area contributed by atoms with Gasteiger partial charge in [-0.25, -0.2) is 4.39 Å². The molecule has 1 aliphatic heterocycles. The van der Waals surface area contributed by atoms with Crippen LogP contribution in [0.2, 0.25) is 0 Å². The Kier molecular flexibility index (Phi) is 10.2. The second-order valence-electron chi connectivity index (χ2n) is 6.53. The summed E-state index contributed by atoms with van der Waals surface area (Å²) in [5.41, 5.74) is 1.00. The Balaban J connectivity index is 0.00000240. The minimum absolute atomic E-state index is 0. The fourth-order valence-corrected chi connectivity index (χ4v) is 3.46. The third kappa shape index (κ3) is 6.77. The molecule has 174 valence electrons. The van der Waals surface area contributed by atoms with E-state index in [0.717, 1.165) is 13.1 Å². The molecule has 0 spiro atoms. The first-order valence-electron chi connectivity index (χ1n) is 9.04. The van der Waals surface area contributed by atoms with Gasteiger partial charge in [-0.2, -0.15) is 0 Å². The van der Waals surface area contributed by atoms with E-state index >= 15 is 0 Å². The summed E-state index contributed by atoms with van der Waals surface area (Å²) in [6.07, 6.45) is -4.77. The highest BCUT2D eigenvalue weighted by atomic mass is 35.5. The van der Waals surface area contributed by atoms with Gasteiger partial charge in [0.1, 0.15) is 11.6 Å². The van der Waals surface area contributed by atoms with Crippen molar-refractivity contribution in [2.24, 2.45) is 0 Å². The van der Waals surface area contributed by atoms with E-state index in [1.807, 2.05) is 0 Å². The van der Waals surface area contributed by atoms with Gasteiger partial charge in [0.2, 0.25) is 0 Å². The molecule has 0 aromatic heterocycles. The summed E-state index contributed by atoms with van der Waals surface area (Å²) >= 11 is 0. The lowest BCUT2D eigenvalue weighted by atomic mass is 9.95. The summed E-state index contributed by atoms with van der Waals surface area (Å²) < 4.78 is 66.8. The number of hydrogen-bond donors (Lipinski definition) is 1. The zero-order chi connectivity index (χ0) is 21.0. The average molecular weight is 487 g/mol. The Morgan fingerprint density at radius 1 is 0.935 bits per heavy atom. The Morgan fingerprint density at radius 2 is 1.48 bits per heavy atom. The van der Waals surface area contributed by atoms with E-state index in [1.54, 1.807) is 6.07 Å². The number of ether oxygens (including phenoxy) is 3. The molecule has 1 heterocycles. The summed E-state index contributed by atoms with van der Waals surface area (Å²) in [5, 5.41) is 3.24. The smallest absolute Gasteiger partial charge is 0.493 e. The lowest BCUT2D eigenvalue weighted by Crippen LogP contribution is -2.45. The van der Waals surface area contributed by atoms with E-state index in [-0.39, 0.29) is 36.3 Å². The molecule has 0 aliphatic carbocycles. The van der Waals surface area contributed by atoms with Gasteiger partial charge < -0.3 is 19.5 Å². The van der Waals surface area contributed by atoms with Gasteiger partial charge >= 0.3 is 6.36 Å². The average Bonchev–Trinajstić information content (AvgIpc) is 2.70. The largest absolute Gasteiger partial charge is 0.573 e. The van der Waals surface area contributed by atoms with Crippen LogP contribution in [0.4, 0.5) is 17.6 Å². The normalized spacial score (nSPS) is 15.3. The predicted molar refractivity (Wildman–Crippen MR) is 113 cm³/mol. The molecule has 1 aliphatic rings. The summed E-state index contributed by atoms with van der Waals surface area (Å²) in [7, 11) is 2.88. The minimum Gasteiger partial charge on any atom is -0.493 e. The molecule has 31 heavy (non-hydrogen) atoms. The van der Waals surface area contributed by atoms with Crippen LogP contribution in [0.1, 0.15) is 17.2 Å². The highest BCUT2D eigenvalue weighted by molar-refractivity contribution is 5.85. The van der Waals surface area contributed by atoms with E-state index < -0.39 is 18.2 Å². The second kappa shape index (κ2) is 11.6. The molecule has 1 N–H and O–H groups in total. The third-order valence-corrected chi connectivity index (χ3v) is 4.74. The Bertz CT molecular complexity index is 832. The SMILES string of the molecule is COc1cc(F)c([C@H](c2ccc(OC(F)(F)F)cc2)N2CCNCC2)cc1OC.Cl.Cl. The van der Waals surface area contributed by atoms with Crippen LogP contribution < -0.4 is 19.5 Å². The van der Waals surface area contributed by atoms with Crippen molar-refractivity contribution in [2.75, 3.05) is 40.4 Å². The fraction of sp³-hybridized carbons (Fsp3) is 0.400. The van der Waals surface area contributed by atoms with Crippen LogP contribution in [0, 0.1) is 5.82 Å². The molecule has 0 unspecified atom stereocenters. The quantitative estimate of drug-likeness (QED) is 0.605. The molecule has 2 aromatic carbocycles. The van der Waals surface area contributed by atoms with Crippen molar-refractivity contribution in [2.45, 2.75) is 12.4 Å². The van der Waals surface area contributed by atoms with E-state index in [0.29, 0.717) is 30.0 Å². The van der Waals surface area contributed by atoms with Crippen LogP contribution in [0.25, 0.3) is 0 Å². The molecule has 0 radical (unpaired) electrons. The number of nitrogens with one attached hydrogen (secondary N) is 1. The van der Waals surface area contributed by atoms with Crippen LogP contribution in [0.5, 0.6) is 17.2 Å². The monoisotopic (exact) mass is 486 g/mol. The van der Waals surface area contributed by atoms with Crippen molar-refractivity contribution in [3.8, 4) is 17.2 Å². The first kappa shape index (κ1) is 27.1. The van der Waals surface area contributed by atoms with E-state index in [4.69, 9.17) is 9.47 Å². The molecule has 0 saturated carbocycles. The lowest BCUT2D eigenvalue weighted by molar-refractivity contribution is -0.274. The Morgan fingerprint density at radius 3 is 2.00 bits per heavy atom. The van der Waals surface area contributed by atoms with Crippen LogP contribution in [0.3, 0.4) is 0 Å². The zero-order valence-electron chi connectivity index (χ0n) is 16.9. The molecule has 0 bridgehead atoms. The number of nitrogens with zero attached hydrogens (tertiary/aromatic N) is 1. The number of hydrogen-bond acceptors (Lipinski definition) is 5. The van der Waals surface area contributed by atoms with Crippen molar-refractivity contribution in [3.05, 3.63) is 53.3 Å². The van der Waals surface area contributed by atoms with Gasteiger partial charge in [-0.1, -0.05) is 12.1 Å². The van der Waals surface area contributed by atoms with Gasteiger partial charge in [-0.05, 0) is 23.8 Å². The molecule has 1 atom stereocenters. The molecule has 2 aromatic rings. The summed E-state index contributed by atoms with van der Waals surface area (Å²) in [5.74, 6) is -0.169. The zero-order valence-corrected chi connectivity index (χ0v) is 18.5. The van der Waals surface area contributed by atoms with Gasteiger partial charge in [0.05, 0.1) is 20.3 Å². The van der Waals surface area contributed by atoms with Crippen LogP contribution in [0.15, 0.2) is 36.4 Å². The lowest BCUT2D eigenvalue weighted by Gasteiger charge is -2.36. The van der Waals surface area contributed by atoms with Crippen molar-refractivity contribution < 1.29 is 31.8 Å². The van der Waals surface area contributed by atoms with Gasteiger partial charge in [0.25, 0.3) is 0 Å². The maximum Gasteiger partial charge on any atom is 0.573 e. The highest BCUT2D eigenvalue weighted by Crippen LogP contribution is 2.38. The second-order valence-corrected chi connectivity index (χ2v) is 6.53. The third-order valence-electron chi connectivity index (χ3n) is 4.74. The van der Waals surface area contributed by atoms with Crippen LogP contribution in [-0.4, -0.2) is 51.7 Å². The van der Waals surface area contributed by atoms with Crippen molar-refractivity contribution in [1.82, 2.24) is 10.2 Å². The number of halogens is 6. The molecule has 1 saturated heterocycles. The minimum atomic E-state index is -4.77. The molecule has 0 amide bonds. The van der Waals surface area contributed by atoms with Crippen LogP contribution >= 0.6 is 24.8 Å². The summed E-state index contributed by atoms with van der Waals surface area (Å²) in [6.45, 7) is 2.75. The Labute approximate surface area is 190 Å². The topological polar surface area (TPSA) is 43.0 Å². The molecule has 11 heteroatoms. The molecular formula is C20H24Cl2F4N2O3. The van der Waals surface area contributed by atoms with Gasteiger partial charge in [0, 0.05) is 37.8 Å². The number of methoxy groups -OCH3 is 2. The Hall–Kier alpha value is -1.94. The number of alkyl halides is 3. The highest BCUT2D eigenvalue weighted by Gasteiger charge is 2.32. The fourth-order valence-electron chi connectivity index (χ4n) is 3.46. The van der Waals surface area contributed by atoms with Crippen molar-refractivity contribution >= 4 is 24.8 Å². The predicted octanol–water partition coefficient (Wildman–Crippen LogP) is 4.58. The number of rotatable bonds is 6. The van der Waals surface area contributed by atoms with Gasteiger partial charge in [-0.15, -0.1) is 38.0 Å². The van der Waals surface area contributed by atoms with E-state index in [1.165, 1.54) is 44.6 Å². The van der Waals surface area contributed by atoms with Gasteiger partial charge in [0.15, 0.2) is 11.5 Å². The number of benzene rings is 2.